The summed E-state index contributed by atoms with van der Waals surface area (Å²) in [5.74, 6) is -0.965. The maximum atomic E-state index is 11.9. The SMILES string of the molecule is Cc1ccc(NC(=O)CCC(=O)OCc2ccccc2[N+](=O)[O-])cc1Cl. The zero-order chi connectivity index (χ0) is 19.1. The fraction of sp³-hybridized carbons (Fsp3) is 0.222. The Hall–Kier alpha value is -2.93. The Kier molecular flexibility index (Phi) is 6.68. The van der Waals surface area contributed by atoms with Gasteiger partial charge in [-0.25, -0.2) is 0 Å². The second kappa shape index (κ2) is 8.96. The molecule has 0 aliphatic heterocycles. The van der Waals surface area contributed by atoms with Gasteiger partial charge in [0, 0.05) is 23.2 Å². The van der Waals surface area contributed by atoms with E-state index in [1.165, 1.54) is 18.2 Å². The molecule has 0 spiro atoms. The predicted octanol–water partition coefficient (Wildman–Crippen LogP) is 4.02. The third kappa shape index (κ3) is 5.56. The van der Waals surface area contributed by atoms with E-state index in [4.69, 9.17) is 16.3 Å². The molecule has 0 radical (unpaired) electrons. The van der Waals surface area contributed by atoms with Crippen LogP contribution < -0.4 is 5.32 Å². The molecule has 0 atom stereocenters. The maximum absolute atomic E-state index is 11.9. The summed E-state index contributed by atoms with van der Waals surface area (Å²) in [6.45, 7) is 1.63. The predicted molar refractivity (Wildman–Crippen MR) is 96.9 cm³/mol. The molecule has 0 aromatic heterocycles. The molecule has 0 bridgehead atoms. The lowest BCUT2D eigenvalue weighted by Gasteiger charge is -2.08. The topological polar surface area (TPSA) is 98.5 Å². The van der Waals surface area contributed by atoms with Crippen molar-refractivity contribution < 1.29 is 19.2 Å². The van der Waals surface area contributed by atoms with Crippen molar-refractivity contribution in [2.24, 2.45) is 0 Å². The van der Waals surface area contributed by atoms with Gasteiger partial charge < -0.3 is 10.1 Å². The second-order valence-electron chi connectivity index (χ2n) is 5.56. The molecular formula is C18H17ClN2O5. The molecule has 7 nitrogen and oxygen atoms in total. The smallest absolute Gasteiger partial charge is 0.306 e. The van der Waals surface area contributed by atoms with Crippen molar-refractivity contribution in [3.8, 4) is 0 Å². The fourth-order valence-corrected chi connectivity index (χ4v) is 2.33. The van der Waals surface area contributed by atoms with Gasteiger partial charge >= 0.3 is 5.97 Å². The number of aryl methyl sites for hydroxylation is 1. The molecule has 0 saturated carbocycles. The molecule has 0 unspecified atom stereocenters. The first-order valence-electron chi connectivity index (χ1n) is 7.80. The quantitative estimate of drug-likeness (QED) is 0.447. The first kappa shape index (κ1) is 19.4. The molecule has 26 heavy (non-hydrogen) atoms. The van der Waals surface area contributed by atoms with Crippen molar-refractivity contribution in [2.45, 2.75) is 26.4 Å². The van der Waals surface area contributed by atoms with Crippen LogP contribution in [0.2, 0.25) is 5.02 Å². The van der Waals surface area contributed by atoms with E-state index in [0.717, 1.165) is 5.56 Å². The molecule has 136 valence electrons. The number of rotatable bonds is 7. The van der Waals surface area contributed by atoms with Crippen LogP contribution in [0.5, 0.6) is 0 Å². The zero-order valence-electron chi connectivity index (χ0n) is 14.0. The Morgan fingerprint density at radius 2 is 1.92 bits per heavy atom. The lowest BCUT2D eigenvalue weighted by Crippen LogP contribution is -2.14. The fourth-order valence-electron chi connectivity index (χ4n) is 2.15. The van der Waals surface area contributed by atoms with Gasteiger partial charge in [0.05, 0.1) is 16.9 Å². The summed E-state index contributed by atoms with van der Waals surface area (Å²) in [6.07, 6.45) is -0.201. The molecule has 1 amide bonds. The van der Waals surface area contributed by atoms with E-state index in [-0.39, 0.29) is 31.0 Å². The molecule has 0 fully saturated rings. The number of ether oxygens (including phenoxy) is 1. The van der Waals surface area contributed by atoms with Crippen molar-refractivity contribution in [3.05, 3.63) is 68.7 Å². The van der Waals surface area contributed by atoms with Gasteiger partial charge in [0.1, 0.15) is 6.61 Å². The lowest BCUT2D eigenvalue weighted by atomic mass is 10.2. The van der Waals surface area contributed by atoms with Crippen LogP contribution in [-0.2, 0) is 20.9 Å². The Bertz CT molecular complexity index is 838. The summed E-state index contributed by atoms with van der Waals surface area (Å²) in [5, 5.41) is 14.1. The van der Waals surface area contributed by atoms with Gasteiger partial charge in [0.15, 0.2) is 0 Å². The molecule has 8 heteroatoms. The number of nitrogens with zero attached hydrogens (tertiary/aromatic N) is 1. The number of nitro benzene ring substituents is 1. The third-order valence-electron chi connectivity index (χ3n) is 3.59. The highest BCUT2D eigenvalue weighted by Gasteiger charge is 2.15. The van der Waals surface area contributed by atoms with Crippen LogP contribution in [0.4, 0.5) is 11.4 Å². The van der Waals surface area contributed by atoms with Crippen LogP contribution in [-0.4, -0.2) is 16.8 Å². The Labute approximate surface area is 155 Å². The van der Waals surface area contributed by atoms with Crippen LogP contribution in [0.25, 0.3) is 0 Å². The number of nitro groups is 1. The van der Waals surface area contributed by atoms with E-state index < -0.39 is 10.9 Å². The van der Waals surface area contributed by atoms with E-state index in [9.17, 15) is 19.7 Å². The van der Waals surface area contributed by atoms with Crippen molar-refractivity contribution in [1.29, 1.82) is 0 Å². The van der Waals surface area contributed by atoms with Gasteiger partial charge in [-0.1, -0.05) is 29.8 Å². The van der Waals surface area contributed by atoms with Gasteiger partial charge in [-0.2, -0.15) is 0 Å². The summed E-state index contributed by atoms with van der Waals surface area (Å²) >= 11 is 5.99. The van der Waals surface area contributed by atoms with Crippen LogP contribution in [0.3, 0.4) is 0 Å². The number of halogens is 1. The third-order valence-corrected chi connectivity index (χ3v) is 4.00. The monoisotopic (exact) mass is 376 g/mol. The first-order chi connectivity index (χ1) is 12.4. The number of hydrogen-bond donors (Lipinski definition) is 1. The highest BCUT2D eigenvalue weighted by molar-refractivity contribution is 6.31. The number of nitrogens with one attached hydrogen (secondary N) is 1. The normalized spacial score (nSPS) is 10.2. The minimum atomic E-state index is -0.611. The van der Waals surface area contributed by atoms with E-state index in [0.29, 0.717) is 16.3 Å². The van der Waals surface area contributed by atoms with Crippen LogP contribution in [0.1, 0.15) is 24.0 Å². The standard InChI is InChI=1S/C18H17ClN2O5/c1-12-6-7-14(10-15(12)19)20-17(22)8-9-18(23)26-11-13-4-2-3-5-16(13)21(24)25/h2-7,10H,8-9,11H2,1H3,(H,20,22). The van der Waals surface area contributed by atoms with Gasteiger partial charge in [-0.3, -0.25) is 19.7 Å². The molecule has 0 saturated heterocycles. The molecular weight excluding hydrogens is 360 g/mol. The van der Waals surface area contributed by atoms with E-state index in [1.54, 1.807) is 24.3 Å². The van der Waals surface area contributed by atoms with Crippen LogP contribution >= 0.6 is 11.6 Å². The zero-order valence-corrected chi connectivity index (χ0v) is 14.8. The molecule has 2 rings (SSSR count). The lowest BCUT2D eigenvalue weighted by molar-refractivity contribution is -0.385. The number of carbonyl (C=O) groups is 2. The first-order valence-corrected chi connectivity index (χ1v) is 8.18. The summed E-state index contributed by atoms with van der Waals surface area (Å²) in [6, 6.07) is 11.1. The van der Waals surface area contributed by atoms with E-state index >= 15 is 0 Å². The minimum absolute atomic E-state index is 0.0682. The molecule has 0 aliphatic carbocycles. The van der Waals surface area contributed by atoms with Gasteiger partial charge in [-0.05, 0) is 30.7 Å². The Morgan fingerprint density at radius 1 is 1.19 bits per heavy atom. The van der Waals surface area contributed by atoms with Crippen LogP contribution in [0.15, 0.2) is 42.5 Å². The van der Waals surface area contributed by atoms with Gasteiger partial charge in [-0.15, -0.1) is 0 Å². The number of carbonyl (C=O) groups excluding carboxylic acids is 2. The maximum Gasteiger partial charge on any atom is 0.306 e. The average molecular weight is 377 g/mol. The molecule has 1 N–H and O–H groups in total. The van der Waals surface area contributed by atoms with E-state index in [1.807, 2.05) is 6.92 Å². The van der Waals surface area contributed by atoms with Gasteiger partial charge in [0.25, 0.3) is 5.69 Å². The Morgan fingerprint density at radius 3 is 2.62 bits per heavy atom. The highest BCUT2D eigenvalue weighted by Crippen LogP contribution is 2.20. The molecule has 0 aliphatic rings. The summed E-state index contributed by atoms with van der Waals surface area (Å²) in [5.41, 5.74) is 1.61. The molecule has 0 heterocycles. The summed E-state index contributed by atoms with van der Waals surface area (Å²) in [7, 11) is 0. The summed E-state index contributed by atoms with van der Waals surface area (Å²) in [4.78, 5) is 34.0. The highest BCUT2D eigenvalue weighted by atomic mass is 35.5. The second-order valence-corrected chi connectivity index (χ2v) is 5.97. The molecule has 2 aromatic carbocycles. The Balaban J connectivity index is 1.80. The summed E-state index contributed by atoms with van der Waals surface area (Å²) < 4.78 is 5.01. The van der Waals surface area contributed by atoms with Crippen molar-refractivity contribution in [2.75, 3.05) is 5.32 Å². The average Bonchev–Trinajstić information content (AvgIpc) is 2.61. The van der Waals surface area contributed by atoms with E-state index in [2.05, 4.69) is 5.32 Å². The largest absolute Gasteiger partial charge is 0.461 e. The number of benzene rings is 2. The van der Waals surface area contributed by atoms with Crippen molar-refractivity contribution in [3.63, 3.8) is 0 Å². The minimum Gasteiger partial charge on any atom is -0.461 e. The number of anilines is 1. The van der Waals surface area contributed by atoms with Gasteiger partial charge in [0.2, 0.25) is 5.91 Å². The number of hydrogen-bond acceptors (Lipinski definition) is 5. The van der Waals surface area contributed by atoms with Crippen LogP contribution in [0, 0.1) is 17.0 Å². The number of esters is 1. The number of para-hydroxylation sites is 1. The van der Waals surface area contributed by atoms with Crippen molar-refractivity contribution >= 4 is 34.9 Å². The number of amides is 1. The van der Waals surface area contributed by atoms with Crippen molar-refractivity contribution in [1.82, 2.24) is 0 Å². The molecule has 2 aromatic rings.